The number of thioether (sulfide) groups is 1. The third-order valence-corrected chi connectivity index (χ3v) is 3.68. The lowest BCUT2D eigenvalue weighted by molar-refractivity contribution is 0.552. The van der Waals surface area contributed by atoms with Gasteiger partial charge in [0.2, 0.25) is 0 Å². The second-order valence-corrected chi connectivity index (χ2v) is 5.56. The van der Waals surface area contributed by atoms with Crippen molar-refractivity contribution in [3.63, 3.8) is 0 Å². The minimum atomic E-state index is 0.680. The van der Waals surface area contributed by atoms with E-state index in [0.717, 1.165) is 24.5 Å². The van der Waals surface area contributed by atoms with Crippen LogP contribution < -0.4 is 5.32 Å². The van der Waals surface area contributed by atoms with Gasteiger partial charge in [0.15, 0.2) is 0 Å². The SMILES string of the molecule is CSCC(C)CNCc1cnn(-c2ccccc2)n1. The fraction of sp³-hybridized carbons (Fsp3) is 0.429. The molecule has 0 saturated carbocycles. The average Bonchev–Trinajstić information content (AvgIpc) is 2.89. The van der Waals surface area contributed by atoms with Crippen molar-refractivity contribution in [1.29, 1.82) is 0 Å². The molecule has 1 aromatic carbocycles. The third kappa shape index (κ3) is 4.36. The largest absolute Gasteiger partial charge is 0.311 e. The summed E-state index contributed by atoms with van der Waals surface area (Å²) in [6.07, 6.45) is 3.96. The summed E-state index contributed by atoms with van der Waals surface area (Å²) in [7, 11) is 0. The van der Waals surface area contributed by atoms with Gasteiger partial charge in [-0.1, -0.05) is 25.1 Å². The van der Waals surface area contributed by atoms with Crippen molar-refractivity contribution in [1.82, 2.24) is 20.3 Å². The van der Waals surface area contributed by atoms with Gasteiger partial charge in [-0.05, 0) is 36.6 Å². The Morgan fingerprint density at radius 3 is 2.84 bits per heavy atom. The predicted molar refractivity (Wildman–Crippen MR) is 80.6 cm³/mol. The molecule has 2 rings (SSSR count). The Morgan fingerprint density at radius 1 is 1.32 bits per heavy atom. The molecule has 0 spiro atoms. The number of nitrogens with one attached hydrogen (secondary N) is 1. The molecule has 2 aromatic rings. The number of hydrogen-bond acceptors (Lipinski definition) is 4. The van der Waals surface area contributed by atoms with Gasteiger partial charge >= 0.3 is 0 Å². The maximum atomic E-state index is 4.46. The van der Waals surface area contributed by atoms with Crippen LogP contribution >= 0.6 is 11.8 Å². The van der Waals surface area contributed by atoms with Crippen LogP contribution in [-0.4, -0.2) is 33.5 Å². The standard InChI is InChI=1S/C14H20N4S/c1-12(11-19-2)8-15-9-13-10-16-18(17-13)14-6-4-3-5-7-14/h3-7,10,12,15H,8-9,11H2,1-2H3. The summed E-state index contributed by atoms with van der Waals surface area (Å²) >= 11 is 1.89. The molecule has 0 radical (unpaired) electrons. The molecular formula is C14H20N4S. The van der Waals surface area contributed by atoms with Gasteiger partial charge in [-0.3, -0.25) is 0 Å². The van der Waals surface area contributed by atoms with Crippen molar-refractivity contribution in [2.45, 2.75) is 13.5 Å². The van der Waals surface area contributed by atoms with Crippen LogP contribution in [0.5, 0.6) is 0 Å². The molecule has 1 atom stereocenters. The summed E-state index contributed by atoms with van der Waals surface area (Å²) in [4.78, 5) is 1.67. The summed E-state index contributed by atoms with van der Waals surface area (Å²) in [5, 5.41) is 12.2. The Morgan fingerprint density at radius 2 is 2.11 bits per heavy atom. The Balaban J connectivity index is 1.85. The molecule has 1 aromatic heterocycles. The first kappa shape index (κ1) is 14.1. The van der Waals surface area contributed by atoms with Crippen molar-refractivity contribution in [2.75, 3.05) is 18.6 Å². The maximum Gasteiger partial charge on any atom is 0.0969 e. The van der Waals surface area contributed by atoms with Crippen LogP contribution in [0.2, 0.25) is 0 Å². The molecule has 0 bridgehead atoms. The van der Waals surface area contributed by atoms with E-state index in [1.165, 1.54) is 5.75 Å². The Hall–Kier alpha value is -1.33. The fourth-order valence-corrected chi connectivity index (χ4v) is 2.54. The second kappa shape index (κ2) is 7.31. The van der Waals surface area contributed by atoms with Gasteiger partial charge in [-0.15, -0.1) is 0 Å². The maximum absolute atomic E-state index is 4.46. The molecule has 0 fully saturated rings. The zero-order valence-corrected chi connectivity index (χ0v) is 12.2. The van der Waals surface area contributed by atoms with E-state index in [1.54, 1.807) is 4.80 Å². The third-order valence-electron chi connectivity index (χ3n) is 2.78. The molecule has 1 heterocycles. The van der Waals surface area contributed by atoms with Gasteiger partial charge < -0.3 is 5.32 Å². The zero-order chi connectivity index (χ0) is 13.5. The molecule has 4 nitrogen and oxygen atoms in total. The van der Waals surface area contributed by atoms with Gasteiger partial charge in [-0.25, -0.2) is 0 Å². The highest BCUT2D eigenvalue weighted by atomic mass is 32.2. The quantitative estimate of drug-likeness (QED) is 0.843. The van der Waals surface area contributed by atoms with Crippen molar-refractivity contribution in [3.05, 3.63) is 42.2 Å². The van der Waals surface area contributed by atoms with Crippen LogP contribution in [0, 0.1) is 5.92 Å². The minimum Gasteiger partial charge on any atom is -0.311 e. The van der Waals surface area contributed by atoms with Crippen LogP contribution in [0.1, 0.15) is 12.6 Å². The van der Waals surface area contributed by atoms with E-state index in [9.17, 15) is 0 Å². The summed E-state index contributed by atoms with van der Waals surface area (Å²) in [5.41, 5.74) is 1.96. The summed E-state index contributed by atoms with van der Waals surface area (Å²) in [6, 6.07) is 9.96. The molecule has 0 amide bonds. The molecule has 1 unspecified atom stereocenters. The van der Waals surface area contributed by atoms with Gasteiger partial charge in [0, 0.05) is 6.54 Å². The van der Waals surface area contributed by atoms with Gasteiger partial charge in [-0.2, -0.15) is 26.8 Å². The topological polar surface area (TPSA) is 42.7 Å². The van der Waals surface area contributed by atoms with E-state index in [0.29, 0.717) is 5.92 Å². The molecular weight excluding hydrogens is 256 g/mol. The molecule has 5 heteroatoms. The van der Waals surface area contributed by atoms with Crippen LogP contribution in [0.4, 0.5) is 0 Å². The highest BCUT2D eigenvalue weighted by molar-refractivity contribution is 7.98. The van der Waals surface area contributed by atoms with Crippen molar-refractivity contribution in [2.24, 2.45) is 5.92 Å². The van der Waals surface area contributed by atoms with E-state index >= 15 is 0 Å². The number of aromatic nitrogens is 3. The normalized spacial score (nSPS) is 12.5. The predicted octanol–water partition coefficient (Wildman–Crippen LogP) is 2.36. The smallest absolute Gasteiger partial charge is 0.0969 e. The van der Waals surface area contributed by atoms with Crippen LogP contribution in [0.3, 0.4) is 0 Å². The molecule has 0 aliphatic heterocycles. The van der Waals surface area contributed by atoms with Crippen LogP contribution in [0.15, 0.2) is 36.5 Å². The van der Waals surface area contributed by atoms with Gasteiger partial charge in [0.05, 0.1) is 17.6 Å². The van der Waals surface area contributed by atoms with Crippen LogP contribution in [-0.2, 0) is 6.54 Å². The lowest BCUT2D eigenvalue weighted by Crippen LogP contribution is -2.22. The van der Waals surface area contributed by atoms with E-state index in [-0.39, 0.29) is 0 Å². The second-order valence-electron chi connectivity index (χ2n) is 4.65. The van der Waals surface area contributed by atoms with Gasteiger partial charge in [0.25, 0.3) is 0 Å². The summed E-state index contributed by atoms with van der Waals surface area (Å²) < 4.78 is 0. The number of hydrogen-bond donors (Lipinski definition) is 1. The molecule has 1 N–H and O–H groups in total. The van der Waals surface area contributed by atoms with E-state index in [1.807, 2.05) is 48.3 Å². The zero-order valence-electron chi connectivity index (χ0n) is 11.4. The Labute approximate surface area is 118 Å². The van der Waals surface area contributed by atoms with E-state index in [2.05, 4.69) is 28.7 Å². The highest BCUT2D eigenvalue weighted by Crippen LogP contribution is 2.05. The first-order valence-electron chi connectivity index (χ1n) is 6.46. The first-order chi connectivity index (χ1) is 9.29. The first-order valence-corrected chi connectivity index (χ1v) is 7.85. The van der Waals surface area contributed by atoms with Gasteiger partial charge in [0.1, 0.15) is 0 Å². The summed E-state index contributed by atoms with van der Waals surface area (Å²) in [6.45, 7) is 4.04. The molecule has 0 saturated heterocycles. The van der Waals surface area contributed by atoms with Crippen LogP contribution in [0.25, 0.3) is 5.69 Å². The lowest BCUT2D eigenvalue weighted by Gasteiger charge is -2.09. The number of nitrogens with zero attached hydrogens (tertiary/aromatic N) is 3. The van der Waals surface area contributed by atoms with Crippen molar-refractivity contribution >= 4 is 11.8 Å². The highest BCUT2D eigenvalue weighted by Gasteiger charge is 2.04. The molecule has 102 valence electrons. The summed E-state index contributed by atoms with van der Waals surface area (Å²) in [5.74, 6) is 1.86. The number of rotatable bonds is 7. The van der Waals surface area contributed by atoms with Crippen molar-refractivity contribution < 1.29 is 0 Å². The number of benzene rings is 1. The lowest BCUT2D eigenvalue weighted by atomic mass is 10.2. The molecule has 0 aliphatic rings. The fourth-order valence-electron chi connectivity index (χ4n) is 1.85. The molecule has 0 aliphatic carbocycles. The van der Waals surface area contributed by atoms with E-state index in [4.69, 9.17) is 0 Å². The Bertz CT molecular complexity index is 483. The number of para-hydroxylation sites is 1. The monoisotopic (exact) mass is 276 g/mol. The molecule has 19 heavy (non-hydrogen) atoms. The average molecular weight is 276 g/mol. The van der Waals surface area contributed by atoms with E-state index < -0.39 is 0 Å². The minimum absolute atomic E-state index is 0.680. The van der Waals surface area contributed by atoms with Crippen molar-refractivity contribution in [3.8, 4) is 5.69 Å². The Kier molecular flexibility index (Phi) is 5.42.